The zero-order valence-electron chi connectivity index (χ0n) is 16.9. The van der Waals surface area contributed by atoms with E-state index in [1.165, 1.54) is 43.0 Å². The summed E-state index contributed by atoms with van der Waals surface area (Å²) in [6, 6.07) is 9.23. The molecule has 2 rings (SSSR count). The molecule has 0 saturated carbocycles. The number of carbonyl (C=O) groups is 2. The van der Waals surface area contributed by atoms with Crippen molar-refractivity contribution in [1.29, 1.82) is 0 Å². The summed E-state index contributed by atoms with van der Waals surface area (Å²) in [7, 11) is -2.37. The van der Waals surface area contributed by atoms with Gasteiger partial charge in [0.1, 0.15) is 0 Å². The summed E-state index contributed by atoms with van der Waals surface area (Å²) in [4.78, 5) is 25.3. The normalized spacial score (nSPS) is 13.4. The van der Waals surface area contributed by atoms with Crippen molar-refractivity contribution in [2.75, 3.05) is 12.4 Å². The van der Waals surface area contributed by atoms with Gasteiger partial charge in [-0.1, -0.05) is 29.3 Å². The molecule has 0 aromatic heterocycles. The molecule has 2 atom stereocenters. The molecular formula is C20H23Cl2N3O4S. The van der Waals surface area contributed by atoms with Crippen molar-refractivity contribution in [2.24, 2.45) is 0 Å². The van der Waals surface area contributed by atoms with Crippen LogP contribution < -0.4 is 10.0 Å². The van der Waals surface area contributed by atoms with Gasteiger partial charge in [0.15, 0.2) is 0 Å². The van der Waals surface area contributed by atoms with E-state index in [0.29, 0.717) is 21.3 Å². The average molecular weight is 472 g/mol. The summed E-state index contributed by atoms with van der Waals surface area (Å²) in [5, 5.41) is 3.46. The molecule has 0 aliphatic heterocycles. The maximum atomic E-state index is 12.8. The molecule has 10 heteroatoms. The SMILES string of the molecule is CC(=O)Nc1ccc(S(=O)(=O)N[C@@H](C)C(=O)N(C)C(C)c2ccc(Cl)cc2Cl)cc1. The second-order valence-electron chi connectivity index (χ2n) is 6.84. The molecule has 0 spiro atoms. The number of nitrogens with one attached hydrogen (secondary N) is 2. The van der Waals surface area contributed by atoms with Gasteiger partial charge in [-0.05, 0) is 55.8 Å². The fourth-order valence-corrected chi connectivity index (χ4v) is 4.58. The summed E-state index contributed by atoms with van der Waals surface area (Å²) >= 11 is 12.1. The first-order valence-corrected chi connectivity index (χ1v) is 11.3. The van der Waals surface area contributed by atoms with E-state index in [1.54, 1.807) is 32.2 Å². The summed E-state index contributed by atoms with van der Waals surface area (Å²) in [5.41, 5.74) is 1.17. The molecule has 0 radical (unpaired) electrons. The van der Waals surface area contributed by atoms with E-state index in [0.717, 1.165) is 0 Å². The number of anilines is 1. The molecule has 0 fully saturated rings. The zero-order valence-corrected chi connectivity index (χ0v) is 19.3. The quantitative estimate of drug-likeness (QED) is 0.640. The first kappa shape index (κ1) is 24.1. The van der Waals surface area contributed by atoms with Gasteiger partial charge in [-0.25, -0.2) is 8.42 Å². The number of carbonyl (C=O) groups excluding carboxylic acids is 2. The van der Waals surface area contributed by atoms with Crippen molar-refractivity contribution in [3.8, 4) is 0 Å². The van der Waals surface area contributed by atoms with Crippen molar-refractivity contribution in [3.05, 3.63) is 58.1 Å². The minimum Gasteiger partial charge on any atom is -0.338 e. The molecule has 1 unspecified atom stereocenters. The number of nitrogens with zero attached hydrogens (tertiary/aromatic N) is 1. The van der Waals surface area contributed by atoms with E-state index in [1.807, 2.05) is 0 Å². The van der Waals surface area contributed by atoms with Crippen molar-refractivity contribution in [1.82, 2.24) is 9.62 Å². The Bertz CT molecular complexity index is 1040. The number of amides is 2. The Morgan fingerprint density at radius 1 is 1.03 bits per heavy atom. The molecule has 30 heavy (non-hydrogen) atoms. The third kappa shape index (κ3) is 5.95. The van der Waals surface area contributed by atoms with Gasteiger partial charge >= 0.3 is 0 Å². The molecule has 0 saturated heterocycles. The van der Waals surface area contributed by atoms with Crippen LogP contribution in [0.3, 0.4) is 0 Å². The highest BCUT2D eigenvalue weighted by molar-refractivity contribution is 7.89. The van der Waals surface area contributed by atoms with Crippen LogP contribution in [-0.4, -0.2) is 38.2 Å². The van der Waals surface area contributed by atoms with Gasteiger partial charge in [-0.15, -0.1) is 0 Å². The van der Waals surface area contributed by atoms with Gasteiger partial charge in [-0.2, -0.15) is 4.72 Å². The largest absolute Gasteiger partial charge is 0.338 e. The number of rotatable bonds is 7. The highest BCUT2D eigenvalue weighted by Crippen LogP contribution is 2.29. The van der Waals surface area contributed by atoms with Crippen LogP contribution in [0.1, 0.15) is 32.4 Å². The molecule has 2 aromatic carbocycles. The smallest absolute Gasteiger partial charge is 0.241 e. The van der Waals surface area contributed by atoms with Gasteiger partial charge in [-0.3, -0.25) is 9.59 Å². The second kappa shape index (κ2) is 9.78. The summed E-state index contributed by atoms with van der Waals surface area (Å²) in [6.45, 7) is 4.61. The number of hydrogen-bond donors (Lipinski definition) is 2. The Morgan fingerprint density at radius 2 is 1.63 bits per heavy atom. The monoisotopic (exact) mass is 471 g/mol. The first-order chi connectivity index (χ1) is 13.9. The summed E-state index contributed by atoms with van der Waals surface area (Å²) in [5.74, 6) is -0.687. The van der Waals surface area contributed by atoms with Gasteiger partial charge in [0.2, 0.25) is 21.8 Å². The lowest BCUT2D eigenvalue weighted by Gasteiger charge is -2.29. The van der Waals surface area contributed by atoms with Crippen LogP contribution in [0.15, 0.2) is 47.4 Å². The van der Waals surface area contributed by atoms with E-state index in [2.05, 4.69) is 10.0 Å². The fourth-order valence-electron chi connectivity index (χ4n) is 2.82. The van der Waals surface area contributed by atoms with Crippen LogP contribution in [0, 0.1) is 0 Å². The lowest BCUT2D eigenvalue weighted by molar-refractivity contribution is -0.133. The van der Waals surface area contributed by atoms with Gasteiger partial charge in [0, 0.05) is 29.7 Å². The van der Waals surface area contributed by atoms with E-state index < -0.39 is 28.0 Å². The summed E-state index contributed by atoms with van der Waals surface area (Å²) < 4.78 is 27.6. The van der Waals surface area contributed by atoms with Crippen molar-refractivity contribution in [2.45, 2.75) is 37.8 Å². The molecule has 0 heterocycles. The van der Waals surface area contributed by atoms with Crippen molar-refractivity contribution >= 4 is 50.7 Å². The molecule has 2 amide bonds. The first-order valence-electron chi connectivity index (χ1n) is 9.04. The minimum atomic E-state index is -3.94. The van der Waals surface area contributed by atoms with Gasteiger partial charge < -0.3 is 10.2 Å². The van der Waals surface area contributed by atoms with Crippen molar-refractivity contribution in [3.63, 3.8) is 0 Å². The highest BCUT2D eigenvalue weighted by Gasteiger charge is 2.27. The van der Waals surface area contributed by atoms with E-state index >= 15 is 0 Å². The maximum absolute atomic E-state index is 12.8. The number of sulfonamides is 1. The minimum absolute atomic E-state index is 0.0206. The maximum Gasteiger partial charge on any atom is 0.241 e. The fraction of sp³-hybridized carbons (Fsp3) is 0.300. The Labute approximate surface area is 186 Å². The topological polar surface area (TPSA) is 95.6 Å². The second-order valence-corrected chi connectivity index (χ2v) is 9.40. The zero-order chi connectivity index (χ0) is 22.6. The molecule has 7 nitrogen and oxygen atoms in total. The number of benzene rings is 2. The Balaban J connectivity index is 2.12. The molecule has 2 aromatic rings. The predicted octanol–water partition coefficient (Wildman–Crippen LogP) is 3.84. The standard InChI is InChI=1S/C20H23Cl2N3O4S/c1-12(20(27)25(4)13(2)18-10-5-15(21)11-19(18)22)24-30(28,29)17-8-6-16(7-9-17)23-14(3)26/h5-13,24H,1-4H3,(H,23,26)/t12-,13?/m0/s1. The molecule has 0 aliphatic rings. The lowest BCUT2D eigenvalue weighted by Crippen LogP contribution is -2.46. The van der Waals surface area contributed by atoms with Crippen LogP contribution >= 0.6 is 23.2 Å². The molecule has 2 N–H and O–H groups in total. The van der Waals surface area contributed by atoms with Crippen molar-refractivity contribution < 1.29 is 18.0 Å². The third-order valence-corrected chi connectivity index (χ3v) is 6.65. The number of halogens is 2. The van der Waals surface area contributed by atoms with E-state index in [-0.39, 0.29) is 10.8 Å². The van der Waals surface area contributed by atoms with Gasteiger partial charge in [0.05, 0.1) is 17.0 Å². The average Bonchev–Trinajstić information content (AvgIpc) is 2.66. The molecule has 162 valence electrons. The van der Waals surface area contributed by atoms with Crippen LogP contribution in [0.25, 0.3) is 0 Å². The Morgan fingerprint density at radius 3 is 2.17 bits per heavy atom. The van der Waals surface area contributed by atoms with E-state index in [9.17, 15) is 18.0 Å². The Kier molecular flexibility index (Phi) is 7.87. The summed E-state index contributed by atoms with van der Waals surface area (Å²) in [6.07, 6.45) is 0. The Hall–Kier alpha value is -2.13. The number of hydrogen-bond acceptors (Lipinski definition) is 4. The van der Waals surface area contributed by atoms with Crippen LogP contribution in [-0.2, 0) is 19.6 Å². The third-order valence-electron chi connectivity index (χ3n) is 4.53. The van der Waals surface area contributed by atoms with Gasteiger partial charge in [0.25, 0.3) is 0 Å². The van der Waals surface area contributed by atoms with Crippen LogP contribution in [0.5, 0.6) is 0 Å². The number of likely N-dealkylation sites (N-methyl/N-ethyl adjacent to an activating group) is 1. The molecule has 0 aliphatic carbocycles. The predicted molar refractivity (Wildman–Crippen MR) is 118 cm³/mol. The molecular weight excluding hydrogens is 449 g/mol. The highest BCUT2D eigenvalue weighted by atomic mass is 35.5. The van der Waals surface area contributed by atoms with E-state index in [4.69, 9.17) is 23.2 Å². The van der Waals surface area contributed by atoms with Crippen LogP contribution in [0.2, 0.25) is 10.0 Å². The molecule has 0 bridgehead atoms. The van der Waals surface area contributed by atoms with Crippen LogP contribution in [0.4, 0.5) is 5.69 Å². The lowest BCUT2D eigenvalue weighted by atomic mass is 10.1.